The van der Waals surface area contributed by atoms with E-state index >= 15 is 0 Å². The van der Waals surface area contributed by atoms with Crippen molar-refractivity contribution in [3.8, 4) is 0 Å². The average molecular weight is 400 g/mol. The van der Waals surface area contributed by atoms with Crippen molar-refractivity contribution in [3.63, 3.8) is 0 Å². The van der Waals surface area contributed by atoms with E-state index in [9.17, 15) is 19.2 Å². The van der Waals surface area contributed by atoms with E-state index in [1.54, 1.807) is 13.0 Å². The predicted octanol–water partition coefficient (Wildman–Crippen LogP) is 2.65. The molecule has 1 atom stereocenters. The zero-order valence-corrected chi connectivity index (χ0v) is 17.2. The fourth-order valence-corrected chi connectivity index (χ4v) is 3.79. The molecule has 1 saturated heterocycles. The lowest BCUT2D eigenvalue weighted by Gasteiger charge is -2.22. The van der Waals surface area contributed by atoms with E-state index < -0.39 is 36.6 Å². The Morgan fingerprint density at radius 1 is 1.21 bits per heavy atom. The SMILES string of the molecule is CC(C)CC[C@@]1(C)NC(=O)N(CC(=O)OCC(=O)c2ccc3c(c2)CCC3)C1=O. The second kappa shape index (κ2) is 8.35. The van der Waals surface area contributed by atoms with Crippen molar-refractivity contribution in [2.24, 2.45) is 5.92 Å². The maximum Gasteiger partial charge on any atom is 0.326 e. The molecule has 3 amide bonds. The molecule has 0 spiro atoms. The number of carbonyl (C=O) groups is 4. The molecule has 3 rings (SSSR count). The molecule has 1 aliphatic carbocycles. The molecular formula is C22H28N2O5. The number of urea groups is 1. The maximum atomic E-state index is 12.6. The second-order valence-corrected chi connectivity index (χ2v) is 8.51. The first-order valence-electron chi connectivity index (χ1n) is 10.1. The quantitative estimate of drug-likeness (QED) is 0.411. The van der Waals surface area contributed by atoms with Crippen LogP contribution in [-0.2, 0) is 27.2 Å². The minimum absolute atomic E-state index is 0.299. The Labute approximate surface area is 170 Å². The lowest BCUT2D eigenvalue weighted by molar-refractivity contribution is -0.146. The molecule has 7 heteroatoms. The third-order valence-corrected chi connectivity index (χ3v) is 5.64. The molecule has 0 bridgehead atoms. The Morgan fingerprint density at radius 3 is 2.66 bits per heavy atom. The van der Waals surface area contributed by atoms with Gasteiger partial charge in [-0.05, 0) is 62.1 Å². The summed E-state index contributed by atoms with van der Waals surface area (Å²) >= 11 is 0. The highest BCUT2D eigenvalue weighted by atomic mass is 16.5. The molecule has 0 unspecified atom stereocenters. The smallest absolute Gasteiger partial charge is 0.326 e. The van der Waals surface area contributed by atoms with E-state index in [-0.39, 0.29) is 5.78 Å². The normalized spacial score (nSPS) is 20.8. The van der Waals surface area contributed by atoms with Gasteiger partial charge >= 0.3 is 12.0 Å². The number of imide groups is 1. The molecule has 0 radical (unpaired) electrons. The molecule has 29 heavy (non-hydrogen) atoms. The van der Waals surface area contributed by atoms with Crippen LogP contribution in [0.1, 0.15) is 61.5 Å². The largest absolute Gasteiger partial charge is 0.456 e. The Kier molecular flexibility index (Phi) is 6.05. The number of nitrogens with zero attached hydrogens (tertiary/aromatic N) is 1. The number of rotatable bonds is 8. The first-order valence-corrected chi connectivity index (χ1v) is 10.1. The Morgan fingerprint density at radius 2 is 1.93 bits per heavy atom. The maximum absolute atomic E-state index is 12.6. The van der Waals surface area contributed by atoms with E-state index in [4.69, 9.17) is 4.74 Å². The van der Waals surface area contributed by atoms with E-state index in [0.29, 0.717) is 17.9 Å². The van der Waals surface area contributed by atoms with Gasteiger partial charge in [-0.1, -0.05) is 26.0 Å². The van der Waals surface area contributed by atoms with Gasteiger partial charge in [0.1, 0.15) is 12.1 Å². The Hall–Kier alpha value is -2.70. The number of hydrogen-bond acceptors (Lipinski definition) is 5. The third kappa shape index (κ3) is 4.66. The van der Waals surface area contributed by atoms with Gasteiger partial charge in [0.25, 0.3) is 5.91 Å². The summed E-state index contributed by atoms with van der Waals surface area (Å²) < 4.78 is 5.04. The monoisotopic (exact) mass is 400 g/mol. The highest BCUT2D eigenvalue weighted by Gasteiger charge is 2.48. The van der Waals surface area contributed by atoms with E-state index in [1.165, 1.54) is 11.1 Å². The number of nitrogens with one attached hydrogen (secondary N) is 1. The van der Waals surface area contributed by atoms with Crippen molar-refractivity contribution in [2.75, 3.05) is 13.2 Å². The molecule has 1 heterocycles. The molecule has 1 fully saturated rings. The van der Waals surface area contributed by atoms with Crippen LogP contribution in [0.15, 0.2) is 18.2 Å². The number of fused-ring (bicyclic) bond motifs is 1. The number of benzene rings is 1. The van der Waals surface area contributed by atoms with Gasteiger partial charge in [0.15, 0.2) is 12.4 Å². The number of hydrogen-bond donors (Lipinski definition) is 1. The van der Waals surface area contributed by atoms with Crippen molar-refractivity contribution < 1.29 is 23.9 Å². The lowest BCUT2D eigenvalue weighted by atomic mass is 9.92. The zero-order valence-electron chi connectivity index (χ0n) is 17.2. The standard InChI is InChI=1S/C22H28N2O5/c1-14(2)9-10-22(3)20(27)24(21(28)23-22)12-19(26)29-13-18(25)17-8-7-15-5-4-6-16(15)11-17/h7-8,11,14H,4-6,9-10,12-13H2,1-3H3,(H,23,28)/t22-/m1/s1. The van der Waals surface area contributed by atoms with Crippen molar-refractivity contribution in [1.82, 2.24) is 10.2 Å². The lowest BCUT2D eigenvalue weighted by Crippen LogP contribution is -2.44. The van der Waals surface area contributed by atoms with Crippen molar-refractivity contribution in [1.29, 1.82) is 0 Å². The highest BCUT2D eigenvalue weighted by molar-refractivity contribution is 6.08. The fraction of sp³-hybridized carbons (Fsp3) is 0.545. The molecule has 7 nitrogen and oxygen atoms in total. The summed E-state index contributed by atoms with van der Waals surface area (Å²) in [6.45, 7) is 4.83. The molecule has 0 aromatic heterocycles. The fourth-order valence-electron chi connectivity index (χ4n) is 3.79. The van der Waals surface area contributed by atoms with Crippen LogP contribution in [-0.4, -0.2) is 47.3 Å². The van der Waals surface area contributed by atoms with Crippen LogP contribution in [0, 0.1) is 5.92 Å². The van der Waals surface area contributed by atoms with Gasteiger partial charge in [0, 0.05) is 5.56 Å². The van der Waals surface area contributed by atoms with Gasteiger partial charge < -0.3 is 10.1 Å². The van der Waals surface area contributed by atoms with E-state index in [1.807, 2.05) is 26.0 Å². The van der Waals surface area contributed by atoms with Crippen LogP contribution in [0.3, 0.4) is 0 Å². The number of esters is 1. The predicted molar refractivity (Wildman–Crippen MR) is 106 cm³/mol. The summed E-state index contributed by atoms with van der Waals surface area (Å²) in [5, 5.41) is 2.67. The minimum atomic E-state index is -1.01. The van der Waals surface area contributed by atoms with Crippen LogP contribution < -0.4 is 5.32 Å². The summed E-state index contributed by atoms with van der Waals surface area (Å²) in [6.07, 6.45) is 4.34. The molecule has 1 N–H and O–H groups in total. The van der Waals surface area contributed by atoms with Gasteiger partial charge in [-0.15, -0.1) is 0 Å². The van der Waals surface area contributed by atoms with Crippen LogP contribution in [0.4, 0.5) is 4.79 Å². The molecule has 1 aromatic rings. The van der Waals surface area contributed by atoms with Crippen LogP contribution in [0.2, 0.25) is 0 Å². The second-order valence-electron chi connectivity index (χ2n) is 8.51. The van der Waals surface area contributed by atoms with Gasteiger partial charge in [0.05, 0.1) is 0 Å². The number of carbonyl (C=O) groups excluding carboxylic acids is 4. The minimum Gasteiger partial charge on any atom is -0.456 e. The van der Waals surface area contributed by atoms with Crippen LogP contribution in [0.25, 0.3) is 0 Å². The van der Waals surface area contributed by atoms with Gasteiger partial charge in [-0.2, -0.15) is 0 Å². The Bertz CT molecular complexity index is 848. The van der Waals surface area contributed by atoms with E-state index in [2.05, 4.69) is 5.32 Å². The van der Waals surface area contributed by atoms with Crippen molar-refractivity contribution in [3.05, 3.63) is 34.9 Å². The summed E-state index contributed by atoms with van der Waals surface area (Å²) in [5.74, 6) is -1.13. The summed E-state index contributed by atoms with van der Waals surface area (Å²) in [4.78, 5) is 50.1. The molecule has 2 aliphatic rings. The highest BCUT2D eigenvalue weighted by Crippen LogP contribution is 2.25. The first-order chi connectivity index (χ1) is 13.7. The van der Waals surface area contributed by atoms with Crippen molar-refractivity contribution >= 4 is 23.7 Å². The molecule has 156 valence electrons. The Balaban J connectivity index is 1.53. The van der Waals surface area contributed by atoms with Gasteiger partial charge in [0.2, 0.25) is 0 Å². The van der Waals surface area contributed by atoms with E-state index in [0.717, 1.165) is 30.6 Å². The van der Waals surface area contributed by atoms with Crippen LogP contribution >= 0.6 is 0 Å². The number of ether oxygens (including phenoxy) is 1. The van der Waals surface area contributed by atoms with Crippen molar-refractivity contribution in [2.45, 2.75) is 58.4 Å². The van der Waals surface area contributed by atoms with Crippen LogP contribution in [0.5, 0.6) is 0 Å². The molecule has 1 aromatic carbocycles. The van der Waals surface area contributed by atoms with Gasteiger partial charge in [-0.3, -0.25) is 19.3 Å². The summed E-state index contributed by atoms with van der Waals surface area (Å²) in [5.41, 5.74) is 1.93. The number of ketones is 1. The number of Topliss-reactive ketones (excluding diaryl/α,β-unsaturated/α-hetero) is 1. The van der Waals surface area contributed by atoms with Gasteiger partial charge in [-0.25, -0.2) is 4.79 Å². The third-order valence-electron chi connectivity index (χ3n) is 5.64. The molecular weight excluding hydrogens is 372 g/mol. The summed E-state index contributed by atoms with van der Waals surface area (Å²) in [7, 11) is 0. The number of amides is 3. The topological polar surface area (TPSA) is 92.8 Å². The molecule has 1 aliphatic heterocycles. The average Bonchev–Trinajstić information content (AvgIpc) is 3.22. The first kappa shape index (κ1) is 21.0. The zero-order chi connectivity index (χ0) is 21.2. The summed E-state index contributed by atoms with van der Waals surface area (Å²) in [6, 6.07) is 4.94. The number of aryl methyl sites for hydroxylation is 2. The molecule has 0 saturated carbocycles.